The molecular formula is C28H25FN2O4. The second kappa shape index (κ2) is 10.7. The van der Waals surface area contributed by atoms with Gasteiger partial charge in [0.15, 0.2) is 0 Å². The van der Waals surface area contributed by atoms with E-state index >= 15 is 0 Å². The fourth-order valence-corrected chi connectivity index (χ4v) is 3.92. The van der Waals surface area contributed by atoms with Gasteiger partial charge in [0, 0.05) is 17.2 Å². The van der Waals surface area contributed by atoms with E-state index in [1.807, 2.05) is 6.07 Å². The number of fused-ring (bicyclic) bond motifs is 1. The van der Waals surface area contributed by atoms with Crippen LogP contribution in [0.15, 0.2) is 78.2 Å². The molecule has 1 unspecified atom stereocenters. The standard InChI is InChI=1S/C28H25FN2O4/c1-2-3-6-15-33-19-11-9-18(10-12-19)28(32)34-20-13-14-22-25(16-20)35-27(31)23(17-30)26(22)21-7-4-5-8-24(21)29/h4-5,7-14,16,26H,2-3,6,15,31H2,1H3. The van der Waals surface area contributed by atoms with Crippen LogP contribution in [-0.2, 0) is 0 Å². The van der Waals surface area contributed by atoms with E-state index < -0.39 is 17.7 Å². The number of halogens is 1. The van der Waals surface area contributed by atoms with Gasteiger partial charge in [-0.3, -0.25) is 0 Å². The molecule has 0 saturated carbocycles. The summed E-state index contributed by atoms with van der Waals surface area (Å²) < 4.78 is 31.4. The Morgan fingerprint density at radius 1 is 1.06 bits per heavy atom. The SMILES string of the molecule is CCCCCOc1ccc(C(=O)Oc2ccc3c(c2)OC(N)=C(C#N)C3c2ccccc2F)cc1. The summed E-state index contributed by atoms with van der Waals surface area (Å²) in [6.45, 7) is 2.76. The Labute approximate surface area is 203 Å². The molecule has 3 aromatic rings. The van der Waals surface area contributed by atoms with E-state index in [2.05, 4.69) is 6.92 Å². The molecule has 35 heavy (non-hydrogen) atoms. The van der Waals surface area contributed by atoms with Gasteiger partial charge in [-0.25, -0.2) is 9.18 Å². The quantitative estimate of drug-likeness (QED) is 0.252. The zero-order valence-electron chi connectivity index (χ0n) is 19.3. The molecule has 7 heteroatoms. The Morgan fingerprint density at radius 3 is 2.51 bits per heavy atom. The first-order valence-electron chi connectivity index (χ1n) is 11.4. The van der Waals surface area contributed by atoms with Gasteiger partial charge in [-0.1, -0.05) is 44.0 Å². The molecular weight excluding hydrogens is 447 g/mol. The minimum absolute atomic E-state index is 0.115. The van der Waals surface area contributed by atoms with Gasteiger partial charge < -0.3 is 19.9 Å². The van der Waals surface area contributed by atoms with Crippen LogP contribution >= 0.6 is 0 Å². The summed E-state index contributed by atoms with van der Waals surface area (Å²) in [5.41, 5.74) is 7.31. The second-order valence-electron chi connectivity index (χ2n) is 8.12. The summed E-state index contributed by atoms with van der Waals surface area (Å²) in [6.07, 6.45) is 3.21. The highest BCUT2D eigenvalue weighted by atomic mass is 19.1. The summed E-state index contributed by atoms with van der Waals surface area (Å²) in [5, 5.41) is 9.63. The Kier molecular flexibility index (Phi) is 7.32. The van der Waals surface area contributed by atoms with Crippen molar-refractivity contribution in [2.45, 2.75) is 32.1 Å². The summed E-state index contributed by atoms with van der Waals surface area (Å²) in [7, 11) is 0. The van der Waals surface area contributed by atoms with Crippen molar-refractivity contribution < 1.29 is 23.4 Å². The van der Waals surface area contributed by atoms with Crippen molar-refractivity contribution in [3.8, 4) is 23.3 Å². The van der Waals surface area contributed by atoms with E-state index in [1.165, 1.54) is 12.1 Å². The molecule has 1 aliphatic rings. The van der Waals surface area contributed by atoms with Gasteiger partial charge in [-0.05, 0) is 42.8 Å². The monoisotopic (exact) mass is 472 g/mol. The Morgan fingerprint density at radius 2 is 1.80 bits per heavy atom. The van der Waals surface area contributed by atoms with Gasteiger partial charge >= 0.3 is 5.97 Å². The third-order valence-corrected chi connectivity index (χ3v) is 5.72. The molecule has 0 aliphatic carbocycles. The van der Waals surface area contributed by atoms with E-state index in [1.54, 1.807) is 54.6 Å². The van der Waals surface area contributed by atoms with Gasteiger partial charge in [-0.15, -0.1) is 0 Å². The zero-order valence-corrected chi connectivity index (χ0v) is 19.3. The number of rotatable bonds is 8. The number of allylic oxidation sites excluding steroid dienone is 1. The number of benzene rings is 3. The van der Waals surface area contributed by atoms with Crippen molar-refractivity contribution in [3.05, 3.63) is 101 Å². The van der Waals surface area contributed by atoms with Crippen molar-refractivity contribution in [1.29, 1.82) is 5.26 Å². The lowest BCUT2D eigenvalue weighted by Gasteiger charge is -2.27. The maximum atomic E-state index is 14.6. The number of ether oxygens (including phenoxy) is 3. The molecule has 4 rings (SSSR count). The average molecular weight is 473 g/mol. The predicted octanol–water partition coefficient (Wildman–Crippen LogP) is 5.83. The number of nitrogens with zero attached hydrogens (tertiary/aromatic N) is 1. The van der Waals surface area contributed by atoms with Crippen molar-refractivity contribution in [3.63, 3.8) is 0 Å². The van der Waals surface area contributed by atoms with E-state index in [-0.39, 0.29) is 23.0 Å². The Hall–Kier alpha value is -4.31. The second-order valence-corrected chi connectivity index (χ2v) is 8.12. The Balaban J connectivity index is 1.52. The maximum absolute atomic E-state index is 14.6. The van der Waals surface area contributed by atoms with Gasteiger partial charge in [0.25, 0.3) is 0 Å². The number of esters is 1. The van der Waals surface area contributed by atoms with E-state index in [9.17, 15) is 14.4 Å². The number of carbonyl (C=O) groups excluding carboxylic acids is 1. The van der Waals surface area contributed by atoms with Crippen LogP contribution in [0, 0.1) is 17.1 Å². The van der Waals surface area contributed by atoms with Crippen molar-refractivity contribution in [2.24, 2.45) is 5.73 Å². The van der Waals surface area contributed by atoms with Crippen LogP contribution < -0.4 is 19.9 Å². The number of hydrogen-bond donors (Lipinski definition) is 1. The van der Waals surface area contributed by atoms with Gasteiger partial charge in [0.05, 0.1) is 18.1 Å². The van der Waals surface area contributed by atoms with Crippen molar-refractivity contribution in [2.75, 3.05) is 6.61 Å². The number of unbranched alkanes of at least 4 members (excludes halogenated alkanes) is 2. The molecule has 6 nitrogen and oxygen atoms in total. The fraction of sp³-hybridized carbons (Fsp3) is 0.214. The molecule has 0 spiro atoms. The van der Waals surface area contributed by atoms with Crippen molar-refractivity contribution in [1.82, 2.24) is 0 Å². The lowest BCUT2D eigenvalue weighted by molar-refractivity contribution is 0.0734. The third-order valence-electron chi connectivity index (χ3n) is 5.72. The molecule has 0 saturated heterocycles. The number of carbonyl (C=O) groups is 1. The first kappa shape index (κ1) is 23.8. The number of hydrogen-bond acceptors (Lipinski definition) is 6. The average Bonchev–Trinajstić information content (AvgIpc) is 2.86. The molecule has 0 fully saturated rings. The first-order chi connectivity index (χ1) is 17.0. The van der Waals surface area contributed by atoms with Crippen LogP contribution in [0.25, 0.3) is 0 Å². The Bertz CT molecular complexity index is 1300. The largest absolute Gasteiger partial charge is 0.494 e. The predicted molar refractivity (Wildman–Crippen MR) is 129 cm³/mol. The van der Waals surface area contributed by atoms with Gasteiger partial charge in [0.1, 0.15) is 34.7 Å². The van der Waals surface area contributed by atoms with E-state index in [0.717, 1.165) is 19.3 Å². The molecule has 3 aromatic carbocycles. The van der Waals surface area contributed by atoms with Crippen LogP contribution in [0.3, 0.4) is 0 Å². The van der Waals surface area contributed by atoms with Crippen molar-refractivity contribution >= 4 is 5.97 Å². The minimum atomic E-state index is -0.737. The maximum Gasteiger partial charge on any atom is 0.343 e. The fourth-order valence-electron chi connectivity index (χ4n) is 3.92. The lowest BCUT2D eigenvalue weighted by atomic mass is 9.83. The molecule has 0 bridgehead atoms. The van der Waals surface area contributed by atoms with Gasteiger partial charge in [0.2, 0.25) is 5.88 Å². The summed E-state index contributed by atoms with van der Waals surface area (Å²) in [5.74, 6) is -0.658. The van der Waals surface area contributed by atoms with Gasteiger partial charge in [-0.2, -0.15) is 5.26 Å². The smallest absolute Gasteiger partial charge is 0.343 e. The molecule has 1 atom stereocenters. The summed E-state index contributed by atoms with van der Waals surface area (Å²) in [4.78, 5) is 12.7. The number of nitrogens with two attached hydrogens (primary N) is 1. The molecule has 178 valence electrons. The third kappa shape index (κ3) is 5.28. The van der Waals surface area contributed by atoms with Crippen LogP contribution in [0.4, 0.5) is 4.39 Å². The summed E-state index contributed by atoms with van der Waals surface area (Å²) >= 11 is 0. The highest BCUT2D eigenvalue weighted by Gasteiger charge is 2.32. The molecule has 0 aromatic heterocycles. The molecule has 1 aliphatic heterocycles. The first-order valence-corrected chi connectivity index (χ1v) is 11.4. The molecule has 0 amide bonds. The van der Waals surface area contributed by atoms with Crippen LogP contribution in [0.1, 0.15) is 53.6 Å². The lowest BCUT2D eigenvalue weighted by Crippen LogP contribution is -2.21. The van der Waals surface area contributed by atoms with E-state index in [4.69, 9.17) is 19.9 Å². The van der Waals surface area contributed by atoms with E-state index in [0.29, 0.717) is 29.0 Å². The molecule has 1 heterocycles. The summed E-state index contributed by atoms with van der Waals surface area (Å²) in [6, 6.07) is 19.7. The normalized spacial score (nSPS) is 14.5. The zero-order chi connectivity index (χ0) is 24.8. The van der Waals surface area contributed by atoms with Crippen LogP contribution in [-0.4, -0.2) is 12.6 Å². The van der Waals surface area contributed by atoms with Crippen LogP contribution in [0.5, 0.6) is 17.2 Å². The van der Waals surface area contributed by atoms with Crippen LogP contribution in [0.2, 0.25) is 0 Å². The highest BCUT2D eigenvalue weighted by Crippen LogP contribution is 2.44. The molecule has 2 N–H and O–H groups in total. The highest BCUT2D eigenvalue weighted by molar-refractivity contribution is 5.91. The topological polar surface area (TPSA) is 94.6 Å². The minimum Gasteiger partial charge on any atom is -0.494 e. The molecule has 0 radical (unpaired) electrons. The number of nitriles is 1.